The van der Waals surface area contributed by atoms with Crippen molar-refractivity contribution < 1.29 is 9.53 Å². The fourth-order valence-corrected chi connectivity index (χ4v) is 5.66. The van der Waals surface area contributed by atoms with Gasteiger partial charge in [0.2, 0.25) is 5.91 Å². The Bertz CT molecular complexity index is 1130. The molecule has 9 heteroatoms. The first-order valence-corrected chi connectivity index (χ1v) is 12.0. The van der Waals surface area contributed by atoms with E-state index in [9.17, 15) is 4.79 Å². The highest BCUT2D eigenvalue weighted by Crippen LogP contribution is 2.42. The monoisotopic (exact) mass is 452 g/mol. The van der Waals surface area contributed by atoms with E-state index in [2.05, 4.69) is 47.0 Å². The number of carbonyl (C=O) groups excluding carboxylic acids is 1. The van der Waals surface area contributed by atoms with Gasteiger partial charge in [-0.15, -0.1) is 11.3 Å². The van der Waals surface area contributed by atoms with Crippen molar-refractivity contribution >= 4 is 17.2 Å². The van der Waals surface area contributed by atoms with Crippen LogP contribution in [0.4, 0.5) is 0 Å². The van der Waals surface area contributed by atoms with Gasteiger partial charge in [0.05, 0.1) is 18.8 Å². The van der Waals surface area contributed by atoms with E-state index in [-0.39, 0.29) is 11.9 Å². The molecule has 0 radical (unpaired) electrons. The second-order valence-corrected chi connectivity index (χ2v) is 9.87. The van der Waals surface area contributed by atoms with E-state index in [1.807, 2.05) is 4.68 Å². The third-order valence-corrected chi connectivity index (χ3v) is 7.35. The van der Waals surface area contributed by atoms with Crippen molar-refractivity contribution in [3.8, 4) is 27.8 Å². The van der Waals surface area contributed by atoms with Gasteiger partial charge in [0, 0.05) is 22.9 Å². The number of thiazole rings is 1. The van der Waals surface area contributed by atoms with E-state index >= 15 is 0 Å². The van der Waals surface area contributed by atoms with E-state index in [0.29, 0.717) is 19.1 Å². The summed E-state index contributed by atoms with van der Waals surface area (Å²) in [7, 11) is 0. The Balaban J connectivity index is 1.41. The molecule has 4 heterocycles. The van der Waals surface area contributed by atoms with Crippen LogP contribution < -0.4 is 10.5 Å². The topological polar surface area (TPSA) is 99.2 Å². The third-order valence-electron chi connectivity index (χ3n) is 6.24. The number of ether oxygens (including phenoxy) is 1. The molecule has 3 aromatic rings. The highest BCUT2D eigenvalue weighted by Gasteiger charge is 2.26. The van der Waals surface area contributed by atoms with E-state index in [4.69, 9.17) is 15.5 Å². The summed E-state index contributed by atoms with van der Waals surface area (Å²) in [6, 6.07) is 6.78. The number of carbonyl (C=O) groups is 1. The van der Waals surface area contributed by atoms with Crippen LogP contribution in [0.25, 0.3) is 22.1 Å². The molecule has 5 rings (SSSR count). The summed E-state index contributed by atoms with van der Waals surface area (Å²) in [4.78, 5) is 24.0. The lowest BCUT2D eigenvalue weighted by Gasteiger charge is -2.31. The first-order chi connectivity index (χ1) is 15.5. The largest absolute Gasteiger partial charge is 0.492 e. The number of fused-ring (bicyclic) bond motifs is 3. The Morgan fingerprint density at radius 1 is 1.31 bits per heavy atom. The van der Waals surface area contributed by atoms with Crippen LogP contribution in [0.3, 0.4) is 0 Å². The van der Waals surface area contributed by atoms with Crippen LogP contribution in [0.1, 0.15) is 49.1 Å². The van der Waals surface area contributed by atoms with Gasteiger partial charge in [-0.25, -0.2) is 14.6 Å². The van der Waals surface area contributed by atoms with Crippen molar-refractivity contribution in [2.24, 2.45) is 5.73 Å². The molecule has 1 fully saturated rings. The molecule has 168 valence electrons. The van der Waals surface area contributed by atoms with Gasteiger partial charge in [0.1, 0.15) is 12.1 Å². The molecule has 0 bridgehead atoms. The lowest BCUT2D eigenvalue weighted by Crippen LogP contribution is -2.39. The van der Waals surface area contributed by atoms with Crippen molar-refractivity contribution in [3.63, 3.8) is 0 Å². The first-order valence-electron chi connectivity index (χ1n) is 11.2. The number of hydrogen-bond acceptors (Lipinski definition) is 7. The van der Waals surface area contributed by atoms with Gasteiger partial charge in [0.15, 0.2) is 10.8 Å². The fraction of sp³-hybridized carbons (Fsp3) is 0.478. The Morgan fingerprint density at radius 2 is 2.12 bits per heavy atom. The zero-order chi connectivity index (χ0) is 22.2. The molecule has 8 nitrogen and oxygen atoms in total. The number of hydrogen-bond donors (Lipinski definition) is 1. The summed E-state index contributed by atoms with van der Waals surface area (Å²) in [5, 5.41) is 5.27. The van der Waals surface area contributed by atoms with Crippen molar-refractivity contribution in [2.45, 2.75) is 45.1 Å². The van der Waals surface area contributed by atoms with Crippen molar-refractivity contribution in [1.29, 1.82) is 0 Å². The maximum Gasteiger partial charge on any atom is 0.231 e. The van der Waals surface area contributed by atoms with E-state index in [1.54, 1.807) is 17.7 Å². The zero-order valence-corrected chi connectivity index (χ0v) is 19.3. The Morgan fingerprint density at radius 3 is 2.88 bits per heavy atom. The number of benzene rings is 1. The van der Waals surface area contributed by atoms with Crippen molar-refractivity contribution in [1.82, 2.24) is 24.6 Å². The molecule has 0 unspecified atom stereocenters. The molecule has 1 amide bonds. The number of nitrogens with two attached hydrogens (primary N) is 1. The molecule has 0 aliphatic carbocycles. The van der Waals surface area contributed by atoms with Gasteiger partial charge < -0.3 is 10.5 Å². The molecule has 0 spiro atoms. The van der Waals surface area contributed by atoms with Gasteiger partial charge >= 0.3 is 0 Å². The summed E-state index contributed by atoms with van der Waals surface area (Å²) in [6.07, 6.45) is 4.46. The fourth-order valence-electron chi connectivity index (χ4n) is 4.61. The van der Waals surface area contributed by atoms with E-state index < -0.39 is 0 Å². The molecule has 0 atom stereocenters. The normalized spacial score (nSPS) is 17.0. The Hall–Kier alpha value is -2.78. The Kier molecular flexibility index (Phi) is 5.69. The van der Waals surface area contributed by atoms with E-state index in [1.165, 1.54) is 10.4 Å². The van der Waals surface area contributed by atoms with Gasteiger partial charge in [-0.3, -0.25) is 9.69 Å². The second kappa shape index (κ2) is 8.63. The van der Waals surface area contributed by atoms with Crippen molar-refractivity contribution in [2.75, 3.05) is 26.2 Å². The molecule has 2 aliphatic heterocycles. The van der Waals surface area contributed by atoms with Crippen LogP contribution in [0.5, 0.6) is 5.75 Å². The average Bonchev–Trinajstić information content (AvgIpc) is 3.38. The quantitative estimate of drug-likeness (QED) is 0.638. The van der Waals surface area contributed by atoms with E-state index in [0.717, 1.165) is 60.2 Å². The molecule has 1 saturated heterocycles. The summed E-state index contributed by atoms with van der Waals surface area (Å²) in [6.45, 7) is 6.96. The number of nitrogens with zero attached hydrogens (tertiary/aromatic N) is 5. The van der Waals surface area contributed by atoms with Gasteiger partial charge in [0.25, 0.3) is 0 Å². The molecule has 1 aromatic carbocycles. The number of likely N-dealkylation sites (tertiary alicyclic amines) is 1. The van der Waals surface area contributed by atoms with Crippen molar-refractivity contribution in [3.05, 3.63) is 35.0 Å². The first kappa shape index (κ1) is 21.1. The maximum absolute atomic E-state index is 11.2. The number of amides is 1. The summed E-state index contributed by atoms with van der Waals surface area (Å²) in [5.41, 5.74) is 8.68. The van der Waals surface area contributed by atoms with Crippen LogP contribution in [0.15, 0.2) is 24.5 Å². The molecule has 2 aliphatic rings. The van der Waals surface area contributed by atoms with Crippen LogP contribution >= 0.6 is 11.3 Å². The number of rotatable bonds is 5. The highest BCUT2D eigenvalue weighted by atomic mass is 32.1. The average molecular weight is 453 g/mol. The zero-order valence-electron chi connectivity index (χ0n) is 18.5. The third kappa shape index (κ3) is 4.02. The highest BCUT2D eigenvalue weighted by molar-refractivity contribution is 7.15. The SMILES string of the molecule is CC(C)n1ncnc1-c1nc2c(s1)CCOc1cc(C3CCN(CC(N)=O)CC3)ccc1-2. The predicted octanol–water partition coefficient (Wildman–Crippen LogP) is 3.25. The standard InChI is InChI=1S/C23H28N6O2S/c1-14(2)29-22(25-13-26-29)23-27-21-17-4-3-16(11-18(17)31-10-7-19(21)32-23)15-5-8-28(9-6-15)12-20(24)30/h3-4,11,13-15H,5-10,12H2,1-2H3,(H2,24,30). The lowest BCUT2D eigenvalue weighted by atomic mass is 9.88. The summed E-state index contributed by atoms with van der Waals surface area (Å²) in [5.74, 6) is 1.93. The van der Waals surface area contributed by atoms with Crippen LogP contribution in [-0.2, 0) is 11.2 Å². The molecule has 0 saturated carbocycles. The summed E-state index contributed by atoms with van der Waals surface area (Å²) < 4.78 is 8.07. The molecule has 2 aromatic heterocycles. The second-order valence-electron chi connectivity index (χ2n) is 8.78. The van der Waals surface area contributed by atoms with Crippen LogP contribution in [-0.4, -0.2) is 56.8 Å². The molecule has 2 N–H and O–H groups in total. The lowest BCUT2D eigenvalue weighted by molar-refractivity contribution is -0.119. The van der Waals surface area contributed by atoms with Gasteiger partial charge in [-0.2, -0.15) is 5.10 Å². The molecule has 32 heavy (non-hydrogen) atoms. The minimum Gasteiger partial charge on any atom is -0.492 e. The molecular weight excluding hydrogens is 424 g/mol. The van der Waals surface area contributed by atoms with Gasteiger partial charge in [-0.05, 0) is 63.4 Å². The predicted molar refractivity (Wildman–Crippen MR) is 124 cm³/mol. The number of aromatic nitrogens is 4. The summed E-state index contributed by atoms with van der Waals surface area (Å²) >= 11 is 1.68. The minimum absolute atomic E-state index is 0.226. The minimum atomic E-state index is -0.257. The maximum atomic E-state index is 11.2. The smallest absolute Gasteiger partial charge is 0.231 e. The van der Waals surface area contributed by atoms with Gasteiger partial charge in [-0.1, -0.05) is 6.07 Å². The number of piperidine rings is 1. The van der Waals surface area contributed by atoms with Crippen LogP contribution in [0.2, 0.25) is 0 Å². The van der Waals surface area contributed by atoms with Crippen LogP contribution in [0, 0.1) is 0 Å². The number of primary amides is 1. The molecular formula is C23H28N6O2S. The Labute approximate surface area is 191 Å².